The largest absolute Gasteiger partial charge is 0.458 e. The zero-order valence-corrected chi connectivity index (χ0v) is 32.4. The normalized spacial score (nSPS) is 12.4. The second-order valence-electron chi connectivity index (χ2n) is 13.1. The highest BCUT2D eigenvalue weighted by atomic mass is 16.6. The van der Waals surface area contributed by atoms with Gasteiger partial charge in [-0.05, 0) is 49.4 Å². The standard InChI is InChI=1S/C40H61NO13/c1-40(2,3)54-38(42)32-52-30-29-51-28-27-50-26-25-49-24-23-48-22-21-47-20-19-46-18-17-45-16-15-44-14-8-13-41-39(43)53-31-37-35-11-6-4-9-33(35)34-10-5-7-12-36(34)37/h4-7,9-12,37H,8,13-32H2,1-3H3,(H,41,43). The number of carbonyl (C=O) groups is 2. The van der Waals surface area contributed by atoms with Gasteiger partial charge in [-0.3, -0.25) is 0 Å². The van der Waals surface area contributed by atoms with Crippen molar-refractivity contribution in [2.24, 2.45) is 0 Å². The molecule has 0 spiro atoms. The monoisotopic (exact) mass is 763 g/mol. The van der Waals surface area contributed by atoms with Crippen molar-refractivity contribution in [1.29, 1.82) is 0 Å². The van der Waals surface area contributed by atoms with E-state index in [0.717, 1.165) is 0 Å². The molecular weight excluding hydrogens is 702 g/mol. The molecule has 304 valence electrons. The number of hydrogen-bond donors (Lipinski definition) is 1. The predicted molar refractivity (Wildman–Crippen MR) is 201 cm³/mol. The Morgan fingerprint density at radius 1 is 0.537 bits per heavy atom. The van der Waals surface area contributed by atoms with Gasteiger partial charge in [0.15, 0.2) is 0 Å². The fourth-order valence-electron chi connectivity index (χ4n) is 5.30. The van der Waals surface area contributed by atoms with Crippen LogP contribution in [0.15, 0.2) is 48.5 Å². The summed E-state index contributed by atoms with van der Waals surface area (Å²) in [6.45, 7) is 13.9. The molecule has 0 radical (unpaired) electrons. The summed E-state index contributed by atoms with van der Waals surface area (Å²) in [4.78, 5) is 23.8. The Hall–Kier alpha value is -3.18. The number of alkyl carbamates (subject to hydrolysis) is 1. The van der Waals surface area contributed by atoms with Gasteiger partial charge in [-0.1, -0.05) is 48.5 Å². The molecule has 3 rings (SSSR count). The number of benzene rings is 2. The van der Waals surface area contributed by atoms with Crippen LogP contribution in [-0.4, -0.2) is 150 Å². The van der Waals surface area contributed by atoms with Gasteiger partial charge in [0.05, 0.1) is 106 Å². The van der Waals surface area contributed by atoms with Crippen LogP contribution in [0.2, 0.25) is 0 Å². The third-order valence-corrected chi connectivity index (χ3v) is 7.69. The molecule has 1 N–H and O–H groups in total. The lowest BCUT2D eigenvalue weighted by Gasteiger charge is -2.19. The SMILES string of the molecule is CC(C)(C)OC(=O)COCCOCCOCCOCCOCCOCCOCCOCCOCCCNC(=O)OCC1c2ccccc2-c2ccccc21. The van der Waals surface area contributed by atoms with Crippen molar-refractivity contribution in [3.63, 3.8) is 0 Å². The van der Waals surface area contributed by atoms with E-state index in [4.69, 9.17) is 52.1 Å². The summed E-state index contributed by atoms with van der Waals surface area (Å²) in [5.74, 6) is -0.344. The van der Waals surface area contributed by atoms with Gasteiger partial charge in [-0.15, -0.1) is 0 Å². The zero-order valence-electron chi connectivity index (χ0n) is 32.4. The van der Waals surface area contributed by atoms with Crippen LogP contribution >= 0.6 is 0 Å². The first-order chi connectivity index (χ1) is 26.3. The van der Waals surface area contributed by atoms with E-state index in [1.165, 1.54) is 22.3 Å². The molecule has 1 amide bonds. The number of fused-ring (bicyclic) bond motifs is 3. The van der Waals surface area contributed by atoms with Crippen molar-refractivity contribution in [2.45, 2.75) is 38.7 Å². The van der Waals surface area contributed by atoms with Crippen molar-refractivity contribution in [1.82, 2.24) is 5.32 Å². The summed E-state index contributed by atoms with van der Waals surface area (Å²) in [6.07, 6.45) is 0.261. The van der Waals surface area contributed by atoms with E-state index >= 15 is 0 Å². The van der Waals surface area contributed by atoms with Gasteiger partial charge in [0.25, 0.3) is 0 Å². The summed E-state index contributed by atoms with van der Waals surface area (Å²) < 4.78 is 59.8. The molecule has 0 saturated carbocycles. The second kappa shape index (κ2) is 28.3. The summed E-state index contributed by atoms with van der Waals surface area (Å²) in [5, 5.41) is 2.80. The molecule has 1 aliphatic rings. The fraction of sp³-hybridized carbons (Fsp3) is 0.650. The molecule has 0 fully saturated rings. The van der Waals surface area contributed by atoms with Gasteiger partial charge >= 0.3 is 12.1 Å². The number of nitrogens with one attached hydrogen (secondary N) is 1. The van der Waals surface area contributed by atoms with E-state index in [9.17, 15) is 9.59 Å². The topological polar surface area (TPSA) is 148 Å². The Morgan fingerprint density at radius 3 is 1.31 bits per heavy atom. The molecule has 0 heterocycles. The average Bonchev–Trinajstić information content (AvgIpc) is 3.47. The molecule has 0 atom stereocenters. The highest BCUT2D eigenvalue weighted by Crippen LogP contribution is 2.44. The minimum atomic E-state index is -0.516. The highest BCUT2D eigenvalue weighted by Gasteiger charge is 2.29. The lowest BCUT2D eigenvalue weighted by molar-refractivity contribution is -0.160. The Morgan fingerprint density at radius 2 is 0.907 bits per heavy atom. The fourth-order valence-corrected chi connectivity index (χ4v) is 5.30. The van der Waals surface area contributed by atoms with Crippen LogP contribution in [0.1, 0.15) is 44.2 Å². The first-order valence-corrected chi connectivity index (χ1v) is 18.9. The van der Waals surface area contributed by atoms with Crippen molar-refractivity contribution >= 4 is 12.1 Å². The predicted octanol–water partition coefficient (Wildman–Crippen LogP) is 4.41. The molecule has 0 aliphatic heterocycles. The lowest BCUT2D eigenvalue weighted by atomic mass is 9.98. The second-order valence-corrected chi connectivity index (χ2v) is 13.1. The lowest BCUT2D eigenvalue weighted by Crippen LogP contribution is -2.27. The van der Waals surface area contributed by atoms with Gasteiger partial charge < -0.3 is 57.4 Å². The first kappa shape index (κ1) is 45.2. The van der Waals surface area contributed by atoms with Crippen molar-refractivity contribution < 1.29 is 61.7 Å². The molecule has 14 heteroatoms. The summed E-state index contributed by atoms with van der Waals surface area (Å²) >= 11 is 0. The zero-order chi connectivity index (χ0) is 38.5. The maximum Gasteiger partial charge on any atom is 0.407 e. The van der Waals surface area contributed by atoms with Crippen LogP contribution in [0.3, 0.4) is 0 Å². The van der Waals surface area contributed by atoms with Crippen molar-refractivity contribution in [3.05, 3.63) is 59.7 Å². The van der Waals surface area contributed by atoms with Crippen LogP contribution in [0, 0.1) is 0 Å². The van der Waals surface area contributed by atoms with Gasteiger partial charge in [-0.2, -0.15) is 0 Å². The number of rotatable bonds is 32. The first-order valence-electron chi connectivity index (χ1n) is 18.9. The Bertz CT molecular complexity index is 1240. The summed E-state index contributed by atoms with van der Waals surface area (Å²) in [5.41, 5.74) is 4.28. The quantitative estimate of drug-likeness (QED) is 0.0830. The smallest absolute Gasteiger partial charge is 0.407 e. The van der Waals surface area contributed by atoms with Crippen LogP contribution in [-0.2, 0) is 56.9 Å². The van der Waals surface area contributed by atoms with E-state index in [-0.39, 0.29) is 12.5 Å². The van der Waals surface area contributed by atoms with Crippen LogP contribution in [0.5, 0.6) is 0 Å². The maximum atomic E-state index is 12.3. The molecule has 0 bridgehead atoms. The van der Waals surface area contributed by atoms with E-state index in [1.54, 1.807) is 0 Å². The van der Waals surface area contributed by atoms with Crippen LogP contribution < -0.4 is 5.32 Å². The Labute approximate surface area is 320 Å². The average molecular weight is 764 g/mol. The van der Waals surface area contributed by atoms with Crippen LogP contribution in [0.4, 0.5) is 4.79 Å². The van der Waals surface area contributed by atoms with E-state index in [0.29, 0.717) is 132 Å². The highest BCUT2D eigenvalue weighted by molar-refractivity contribution is 5.79. The molecule has 54 heavy (non-hydrogen) atoms. The van der Waals surface area contributed by atoms with E-state index < -0.39 is 17.7 Å². The minimum absolute atomic E-state index is 0.0464. The van der Waals surface area contributed by atoms with Crippen LogP contribution in [0.25, 0.3) is 11.1 Å². The minimum Gasteiger partial charge on any atom is -0.458 e. The van der Waals surface area contributed by atoms with Gasteiger partial charge in [-0.25, -0.2) is 9.59 Å². The number of hydrogen-bond acceptors (Lipinski definition) is 13. The summed E-state index contributed by atoms with van der Waals surface area (Å²) in [6, 6.07) is 16.5. The summed E-state index contributed by atoms with van der Waals surface area (Å²) in [7, 11) is 0. The number of carbonyl (C=O) groups excluding carboxylic acids is 2. The van der Waals surface area contributed by atoms with E-state index in [1.807, 2.05) is 45.0 Å². The van der Waals surface area contributed by atoms with Gasteiger partial charge in [0, 0.05) is 19.1 Å². The molecule has 1 aliphatic carbocycles. The molecule has 2 aromatic carbocycles. The molecular formula is C40H61NO13. The molecule has 0 saturated heterocycles. The Kier molecular flexibility index (Phi) is 23.7. The number of esters is 1. The third-order valence-electron chi connectivity index (χ3n) is 7.69. The molecule has 2 aromatic rings. The third kappa shape index (κ3) is 20.5. The molecule has 0 aromatic heterocycles. The Balaban J connectivity index is 0.960. The van der Waals surface area contributed by atoms with Crippen molar-refractivity contribution in [3.8, 4) is 11.1 Å². The molecule has 14 nitrogen and oxygen atoms in total. The maximum absolute atomic E-state index is 12.3. The van der Waals surface area contributed by atoms with Gasteiger partial charge in [0.1, 0.15) is 18.8 Å². The number of ether oxygens (including phenoxy) is 11. The van der Waals surface area contributed by atoms with Crippen molar-refractivity contribution in [2.75, 3.05) is 132 Å². The van der Waals surface area contributed by atoms with Gasteiger partial charge in [0.2, 0.25) is 0 Å². The van der Waals surface area contributed by atoms with E-state index in [2.05, 4.69) is 29.6 Å². The molecule has 0 unspecified atom stereocenters. The number of amides is 1.